The maximum absolute atomic E-state index is 12.0. The maximum atomic E-state index is 12.0. The van der Waals surface area contributed by atoms with Gasteiger partial charge in [-0.15, -0.1) is 10.2 Å². The van der Waals surface area contributed by atoms with Crippen molar-refractivity contribution in [3.05, 3.63) is 59.9 Å². The quantitative estimate of drug-likeness (QED) is 0.499. The minimum atomic E-state index is -0.118. The zero-order valence-electron chi connectivity index (χ0n) is 14.5. The summed E-state index contributed by atoms with van der Waals surface area (Å²) in [6, 6.07) is 14.2. The normalized spacial score (nSPS) is 10.7. The second kappa shape index (κ2) is 8.29. The number of anilines is 1. The van der Waals surface area contributed by atoms with Gasteiger partial charge in [0, 0.05) is 15.5 Å². The standard InChI is InChI=1S/C18H19N5OS2/c1-12-3-6-16(9-13(12)2)26-15-7-4-14(5-8-15)21-17(24)10-25-18-22-20-11-23(18)19/h3-9,11H,10,19H2,1-2H3,(H,21,24). The molecule has 2 aromatic carbocycles. The summed E-state index contributed by atoms with van der Waals surface area (Å²) in [4.78, 5) is 14.4. The fraction of sp³-hybridized carbons (Fsp3) is 0.167. The van der Waals surface area contributed by atoms with E-state index in [-0.39, 0.29) is 11.7 Å². The number of nitrogens with two attached hydrogens (primary N) is 1. The van der Waals surface area contributed by atoms with E-state index < -0.39 is 0 Å². The number of benzene rings is 2. The van der Waals surface area contributed by atoms with E-state index in [9.17, 15) is 4.79 Å². The Kier molecular flexibility index (Phi) is 5.85. The molecule has 1 aromatic heterocycles. The minimum absolute atomic E-state index is 0.118. The minimum Gasteiger partial charge on any atom is -0.336 e. The molecule has 0 saturated carbocycles. The third kappa shape index (κ3) is 4.80. The Morgan fingerprint density at radius 3 is 2.50 bits per heavy atom. The molecule has 26 heavy (non-hydrogen) atoms. The summed E-state index contributed by atoms with van der Waals surface area (Å²) < 4.78 is 1.29. The van der Waals surface area contributed by atoms with Crippen LogP contribution in [0.5, 0.6) is 0 Å². The summed E-state index contributed by atoms with van der Waals surface area (Å²) in [5, 5.41) is 10.9. The van der Waals surface area contributed by atoms with Crippen molar-refractivity contribution in [1.29, 1.82) is 0 Å². The van der Waals surface area contributed by atoms with Crippen molar-refractivity contribution in [2.45, 2.75) is 28.8 Å². The second-order valence-corrected chi connectivity index (χ2v) is 7.82. The SMILES string of the molecule is Cc1ccc(Sc2ccc(NC(=O)CSc3nncn3N)cc2)cc1C. The summed E-state index contributed by atoms with van der Waals surface area (Å²) in [5.74, 6) is 5.71. The van der Waals surface area contributed by atoms with Crippen molar-refractivity contribution >= 4 is 35.1 Å². The molecule has 3 aromatic rings. The van der Waals surface area contributed by atoms with E-state index in [0.29, 0.717) is 5.16 Å². The number of carbonyl (C=O) groups excluding carboxylic acids is 1. The molecule has 8 heteroatoms. The summed E-state index contributed by atoms with van der Waals surface area (Å²) >= 11 is 2.94. The monoisotopic (exact) mass is 385 g/mol. The Morgan fingerprint density at radius 2 is 1.85 bits per heavy atom. The van der Waals surface area contributed by atoms with Crippen LogP contribution in [0.25, 0.3) is 0 Å². The Balaban J connectivity index is 1.54. The molecule has 0 aliphatic rings. The van der Waals surface area contributed by atoms with Crippen LogP contribution in [0.1, 0.15) is 11.1 Å². The van der Waals surface area contributed by atoms with Crippen LogP contribution in [-0.4, -0.2) is 26.5 Å². The van der Waals surface area contributed by atoms with Crippen molar-refractivity contribution in [2.24, 2.45) is 0 Å². The highest BCUT2D eigenvalue weighted by Gasteiger charge is 2.08. The summed E-state index contributed by atoms with van der Waals surface area (Å²) in [6.07, 6.45) is 1.40. The molecule has 0 bridgehead atoms. The number of hydrogen-bond acceptors (Lipinski definition) is 6. The van der Waals surface area contributed by atoms with Crippen molar-refractivity contribution in [3.63, 3.8) is 0 Å². The number of thioether (sulfide) groups is 1. The molecule has 0 atom stereocenters. The van der Waals surface area contributed by atoms with Gasteiger partial charge >= 0.3 is 0 Å². The van der Waals surface area contributed by atoms with Crippen molar-refractivity contribution < 1.29 is 4.79 Å². The van der Waals surface area contributed by atoms with Gasteiger partial charge in [-0.25, -0.2) is 4.68 Å². The van der Waals surface area contributed by atoms with Crippen LogP contribution in [0, 0.1) is 13.8 Å². The molecule has 6 nitrogen and oxygen atoms in total. The first kappa shape index (κ1) is 18.3. The first-order valence-electron chi connectivity index (χ1n) is 7.94. The molecule has 1 heterocycles. The largest absolute Gasteiger partial charge is 0.336 e. The Labute approximate surface area is 160 Å². The van der Waals surface area contributed by atoms with Gasteiger partial charge in [0.2, 0.25) is 11.1 Å². The smallest absolute Gasteiger partial charge is 0.234 e. The molecule has 0 radical (unpaired) electrons. The van der Waals surface area contributed by atoms with Gasteiger partial charge in [0.25, 0.3) is 0 Å². The molecular formula is C18H19N5OS2. The summed E-state index contributed by atoms with van der Waals surface area (Å²) in [5.41, 5.74) is 3.33. The van der Waals surface area contributed by atoms with Crippen LogP contribution < -0.4 is 11.2 Å². The van der Waals surface area contributed by atoms with E-state index in [2.05, 4.69) is 47.6 Å². The first-order valence-corrected chi connectivity index (χ1v) is 9.74. The van der Waals surface area contributed by atoms with Gasteiger partial charge in [0.15, 0.2) is 0 Å². The number of hydrogen-bond donors (Lipinski definition) is 2. The van der Waals surface area contributed by atoms with E-state index in [1.54, 1.807) is 11.8 Å². The van der Waals surface area contributed by atoms with Gasteiger partial charge in [-0.1, -0.05) is 29.6 Å². The third-order valence-electron chi connectivity index (χ3n) is 3.72. The van der Waals surface area contributed by atoms with E-state index >= 15 is 0 Å². The molecule has 0 fully saturated rings. The van der Waals surface area contributed by atoms with Crippen LogP contribution in [0.2, 0.25) is 0 Å². The highest BCUT2D eigenvalue weighted by atomic mass is 32.2. The maximum Gasteiger partial charge on any atom is 0.234 e. The van der Waals surface area contributed by atoms with Crippen LogP contribution in [-0.2, 0) is 4.79 Å². The predicted molar refractivity (Wildman–Crippen MR) is 106 cm³/mol. The number of nitrogens with zero attached hydrogens (tertiary/aromatic N) is 3. The van der Waals surface area contributed by atoms with Gasteiger partial charge < -0.3 is 11.2 Å². The van der Waals surface area contributed by atoms with Gasteiger partial charge in [-0.05, 0) is 61.4 Å². The van der Waals surface area contributed by atoms with E-state index in [4.69, 9.17) is 5.84 Å². The topological polar surface area (TPSA) is 85.8 Å². The number of amides is 1. The zero-order valence-corrected chi connectivity index (χ0v) is 16.1. The second-order valence-electron chi connectivity index (χ2n) is 5.73. The van der Waals surface area contributed by atoms with Crippen molar-refractivity contribution in [1.82, 2.24) is 14.9 Å². The fourth-order valence-electron chi connectivity index (χ4n) is 2.18. The van der Waals surface area contributed by atoms with Gasteiger partial charge in [0.1, 0.15) is 6.33 Å². The molecule has 0 aliphatic carbocycles. The lowest BCUT2D eigenvalue weighted by atomic mass is 10.1. The Morgan fingerprint density at radius 1 is 1.12 bits per heavy atom. The molecule has 3 rings (SSSR count). The lowest BCUT2D eigenvalue weighted by Gasteiger charge is -2.07. The molecule has 1 amide bonds. The molecule has 134 valence electrons. The van der Waals surface area contributed by atoms with E-state index in [1.807, 2.05) is 24.3 Å². The van der Waals surface area contributed by atoms with Gasteiger partial charge in [-0.3, -0.25) is 4.79 Å². The van der Waals surface area contributed by atoms with Crippen LogP contribution >= 0.6 is 23.5 Å². The summed E-state index contributed by atoms with van der Waals surface area (Å²) in [7, 11) is 0. The van der Waals surface area contributed by atoms with Crippen LogP contribution in [0.3, 0.4) is 0 Å². The number of nitrogens with one attached hydrogen (secondary N) is 1. The fourth-order valence-corrected chi connectivity index (χ4v) is 3.73. The molecule has 0 unspecified atom stereocenters. The lowest BCUT2D eigenvalue weighted by molar-refractivity contribution is -0.113. The molecule has 0 aliphatic heterocycles. The highest BCUT2D eigenvalue weighted by molar-refractivity contribution is 7.99. The van der Waals surface area contributed by atoms with Gasteiger partial charge in [-0.2, -0.15) is 0 Å². The number of aryl methyl sites for hydroxylation is 2. The number of rotatable bonds is 6. The molecule has 0 saturated heterocycles. The Hall–Kier alpha value is -2.45. The van der Waals surface area contributed by atoms with Crippen molar-refractivity contribution in [3.8, 4) is 0 Å². The molecular weight excluding hydrogens is 366 g/mol. The lowest BCUT2D eigenvalue weighted by Crippen LogP contribution is -2.15. The summed E-state index contributed by atoms with van der Waals surface area (Å²) in [6.45, 7) is 4.22. The van der Waals surface area contributed by atoms with E-state index in [1.165, 1.54) is 38.8 Å². The van der Waals surface area contributed by atoms with E-state index in [0.717, 1.165) is 10.6 Å². The number of nitrogen functional groups attached to an aromatic ring is 1. The average Bonchev–Trinajstić information content (AvgIpc) is 3.03. The molecule has 0 spiro atoms. The van der Waals surface area contributed by atoms with Crippen molar-refractivity contribution in [2.75, 3.05) is 16.9 Å². The van der Waals surface area contributed by atoms with Crippen LogP contribution in [0.4, 0.5) is 5.69 Å². The number of carbonyl (C=O) groups is 1. The van der Waals surface area contributed by atoms with Gasteiger partial charge in [0.05, 0.1) is 5.75 Å². The zero-order chi connectivity index (χ0) is 18.5. The average molecular weight is 386 g/mol. The third-order valence-corrected chi connectivity index (χ3v) is 5.68. The Bertz CT molecular complexity index is 908. The molecule has 3 N–H and O–H groups in total. The number of aromatic nitrogens is 3. The van der Waals surface area contributed by atoms with Crippen LogP contribution in [0.15, 0.2) is 63.7 Å². The first-order chi connectivity index (χ1) is 12.5. The highest BCUT2D eigenvalue weighted by Crippen LogP contribution is 2.29. The predicted octanol–water partition coefficient (Wildman–Crippen LogP) is 3.49.